The van der Waals surface area contributed by atoms with Gasteiger partial charge in [-0.2, -0.15) is 11.3 Å². The number of hydrogen-bond acceptors (Lipinski definition) is 3. The third-order valence-electron chi connectivity index (χ3n) is 4.24. The minimum Gasteiger partial charge on any atom is -0.349 e. The summed E-state index contributed by atoms with van der Waals surface area (Å²) in [5.41, 5.74) is 1.07. The predicted octanol–water partition coefficient (Wildman–Crippen LogP) is 3.32. The van der Waals surface area contributed by atoms with Crippen LogP contribution in [0.3, 0.4) is 0 Å². The molecule has 0 bridgehead atoms. The van der Waals surface area contributed by atoms with E-state index in [0.29, 0.717) is 24.2 Å². The third-order valence-corrected chi connectivity index (χ3v) is 4.92. The number of piperidine rings is 1. The quantitative estimate of drug-likeness (QED) is 0.853. The minimum absolute atomic E-state index is 0.0644. The number of rotatable bonds is 4. The number of carbonyl (C=O) groups is 2. The first kappa shape index (κ1) is 17.4. The van der Waals surface area contributed by atoms with Crippen LogP contribution in [0.1, 0.15) is 28.8 Å². The average molecular weight is 358 g/mol. The molecular weight excluding hydrogens is 339 g/mol. The van der Waals surface area contributed by atoms with Gasteiger partial charge < -0.3 is 10.2 Å². The van der Waals surface area contributed by atoms with E-state index < -0.39 is 0 Å². The normalized spacial score (nSPS) is 15.5. The van der Waals surface area contributed by atoms with Crippen molar-refractivity contribution in [3.8, 4) is 0 Å². The molecule has 0 aliphatic carbocycles. The fourth-order valence-electron chi connectivity index (χ4n) is 2.78. The van der Waals surface area contributed by atoms with Gasteiger partial charge in [-0.3, -0.25) is 9.59 Å². The summed E-state index contributed by atoms with van der Waals surface area (Å²) < 4.78 is 13.6. The monoisotopic (exact) mass is 358 g/mol. The maximum absolute atomic E-state index is 13.6. The molecule has 1 fully saturated rings. The Bertz CT molecular complexity index is 765. The Hall–Kier alpha value is -2.47. The lowest BCUT2D eigenvalue weighted by Gasteiger charge is -2.31. The SMILES string of the molecule is O=C(NC1CCN(C(=O)/C=C/c2ccccc2F)CC1)c1ccsc1. The molecule has 0 saturated carbocycles. The smallest absolute Gasteiger partial charge is 0.252 e. The zero-order chi connectivity index (χ0) is 17.6. The van der Waals surface area contributed by atoms with Crippen molar-refractivity contribution in [1.29, 1.82) is 0 Å². The molecule has 3 rings (SSSR count). The zero-order valence-corrected chi connectivity index (χ0v) is 14.5. The summed E-state index contributed by atoms with van der Waals surface area (Å²) in [7, 11) is 0. The molecule has 25 heavy (non-hydrogen) atoms. The number of thiophene rings is 1. The van der Waals surface area contributed by atoms with Gasteiger partial charge in [-0.1, -0.05) is 18.2 Å². The maximum atomic E-state index is 13.6. The molecule has 0 spiro atoms. The Kier molecular flexibility index (Phi) is 5.60. The van der Waals surface area contributed by atoms with Crippen LogP contribution in [0.2, 0.25) is 0 Å². The largest absolute Gasteiger partial charge is 0.349 e. The molecule has 1 saturated heterocycles. The van der Waals surface area contributed by atoms with Gasteiger partial charge in [0.15, 0.2) is 0 Å². The first-order valence-electron chi connectivity index (χ1n) is 8.18. The van der Waals surface area contributed by atoms with Crippen molar-refractivity contribution < 1.29 is 14.0 Å². The van der Waals surface area contributed by atoms with E-state index in [1.54, 1.807) is 29.2 Å². The fourth-order valence-corrected chi connectivity index (χ4v) is 3.42. The molecule has 0 radical (unpaired) electrons. The summed E-state index contributed by atoms with van der Waals surface area (Å²) in [5, 5.41) is 6.70. The lowest BCUT2D eigenvalue weighted by molar-refractivity contribution is -0.126. The zero-order valence-electron chi connectivity index (χ0n) is 13.7. The summed E-state index contributed by atoms with van der Waals surface area (Å²) in [5.74, 6) is -0.544. The van der Waals surface area contributed by atoms with Crippen molar-refractivity contribution in [2.24, 2.45) is 0 Å². The highest BCUT2D eigenvalue weighted by Crippen LogP contribution is 2.14. The van der Waals surface area contributed by atoms with Crippen LogP contribution >= 0.6 is 11.3 Å². The number of hydrogen-bond donors (Lipinski definition) is 1. The Balaban J connectivity index is 1.49. The number of amides is 2. The van der Waals surface area contributed by atoms with Crippen LogP contribution in [0.4, 0.5) is 4.39 Å². The van der Waals surface area contributed by atoms with Gasteiger partial charge in [0.1, 0.15) is 5.82 Å². The van der Waals surface area contributed by atoms with Crippen LogP contribution < -0.4 is 5.32 Å². The molecule has 0 atom stereocenters. The topological polar surface area (TPSA) is 49.4 Å². The van der Waals surface area contributed by atoms with E-state index in [2.05, 4.69) is 5.32 Å². The van der Waals surface area contributed by atoms with E-state index in [1.165, 1.54) is 29.6 Å². The number of nitrogens with zero attached hydrogens (tertiary/aromatic N) is 1. The molecule has 1 aliphatic heterocycles. The molecule has 1 N–H and O–H groups in total. The number of carbonyl (C=O) groups excluding carboxylic acids is 2. The van der Waals surface area contributed by atoms with E-state index in [9.17, 15) is 14.0 Å². The maximum Gasteiger partial charge on any atom is 0.252 e. The van der Waals surface area contributed by atoms with Crippen molar-refractivity contribution in [2.45, 2.75) is 18.9 Å². The molecule has 130 valence electrons. The molecule has 1 aromatic carbocycles. The second-order valence-corrected chi connectivity index (χ2v) is 6.72. The van der Waals surface area contributed by atoms with Crippen molar-refractivity contribution in [1.82, 2.24) is 10.2 Å². The summed E-state index contributed by atoms with van der Waals surface area (Å²) >= 11 is 1.49. The third kappa shape index (κ3) is 4.54. The van der Waals surface area contributed by atoms with E-state index in [4.69, 9.17) is 0 Å². The van der Waals surface area contributed by atoms with Gasteiger partial charge in [-0.05, 0) is 36.4 Å². The van der Waals surface area contributed by atoms with E-state index in [1.807, 2.05) is 10.8 Å². The van der Waals surface area contributed by atoms with E-state index in [0.717, 1.165) is 12.8 Å². The highest BCUT2D eigenvalue weighted by Gasteiger charge is 2.23. The highest BCUT2D eigenvalue weighted by atomic mass is 32.1. The van der Waals surface area contributed by atoms with Gasteiger partial charge in [0.05, 0.1) is 0 Å². The van der Waals surface area contributed by atoms with Crippen LogP contribution in [-0.2, 0) is 4.79 Å². The highest BCUT2D eigenvalue weighted by molar-refractivity contribution is 7.08. The van der Waals surface area contributed by atoms with Crippen molar-refractivity contribution in [3.05, 3.63) is 64.1 Å². The summed E-state index contributed by atoms with van der Waals surface area (Å²) in [4.78, 5) is 26.0. The average Bonchev–Trinajstić information content (AvgIpc) is 3.16. The van der Waals surface area contributed by atoms with Crippen molar-refractivity contribution in [2.75, 3.05) is 13.1 Å². The molecule has 0 unspecified atom stereocenters. The second-order valence-electron chi connectivity index (χ2n) is 5.94. The number of halogens is 1. The first-order chi connectivity index (χ1) is 12.1. The molecule has 2 amide bonds. The van der Waals surface area contributed by atoms with Crippen LogP contribution in [0.25, 0.3) is 6.08 Å². The molecule has 1 aromatic heterocycles. The number of benzene rings is 1. The van der Waals surface area contributed by atoms with Crippen LogP contribution in [0.15, 0.2) is 47.2 Å². The van der Waals surface area contributed by atoms with Crippen LogP contribution in [-0.4, -0.2) is 35.8 Å². The van der Waals surface area contributed by atoms with Crippen molar-refractivity contribution in [3.63, 3.8) is 0 Å². The Morgan fingerprint density at radius 2 is 1.96 bits per heavy atom. The van der Waals surface area contributed by atoms with Gasteiger partial charge in [-0.15, -0.1) is 0 Å². The Morgan fingerprint density at radius 3 is 2.64 bits per heavy atom. The second kappa shape index (κ2) is 8.07. The molecule has 4 nitrogen and oxygen atoms in total. The fraction of sp³-hybridized carbons (Fsp3) is 0.263. The summed E-state index contributed by atoms with van der Waals surface area (Å²) in [6.07, 6.45) is 4.34. The van der Waals surface area contributed by atoms with Gasteiger partial charge in [-0.25, -0.2) is 4.39 Å². The van der Waals surface area contributed by atoms with Crippen molar-refractivity contribution >= 4 is 29.2 Å². The van der Waals surface area contributed by atoms with Gasteiger partial charge in [0.2, 0.25) is 5.91 Å². The molecule has 2 heterocycles. The standard InChI is InChI=1S/C19H19FN2O2S/c20-17-4-2-1-3-14(17)5-6-18(23)22-10-7-16(8-11-22)21-19(24)15-9-12-25-13-15/h1-6,9,12-13,16H,7-8,10-11H2,(H,21,24)/b6-5+. The molecule has 2 aromatic rings. The molecular formula is C19H19FN2O2S. The first-order valence-corrected chi connectivity index (χ1v) is 9.12. The van der Waals surface area contributed by atoms with E-state index >= 15 is 0 Å². The van der Waals surface area contributed by atoms with Gasteiger partial charge in [0.25, 0.3) is 5.91 Å². The van der Waals surface area contributed by atoms with Gasteiger partial charge >= 0.3 is 0 Å². The lowest BCUT2D eigenvalue weighted by Crippen LogP contribution is -2.46. The molecule has 1 aliphatic rings. The number of nitrogens with one attached hydrogen (secondary N) is 1. The van der Waals surface area contributed by atoms with E-state index in [-0.39, 0.29) is 23.7 Å². The van der Waals surface area contributed by atoms with Crippen LogP contribution in [0.5, 0.6) is 0 Å². The van der Waals surface area contributed by atoms with Gasteiger partial charge in [0, 0.05) is 41.7 Å². The minimum atomic E-state index is -0.346. The summed E-state index contributed by atoms with van der Waals surface area (Å²) in [6, 6.07) is 8.22. The lowest BCUT2D eigenvalue weighted by atomic mass is 10.0. The predicted molar refractivity (Wildman–Crippen MR) is 96.8 cm³/mol. The Morgan fingerprint density at radius 1 is 1.20 bits per heavy atom. The Labute approximate surface area is 150 Å². The van der Waals surface area contributed by atoms with Crippen LogP contribution in [0, 0.1) is 5.82 Å². The molecule has 6 heteroatoms. The number of likely N-dealkylation sites (tertiary alicyclic amines) is 1. The summed E-state index contributed by atoms with van der Waals surface area (Å²) in [6.45, 7) is 1.16.